The second kappa shape index (κ2) is 15.5. The van der Waals surface area contributed by atoms with E-state index >= 15 is 0 Å². The summed E-state index contributed by atoms with van der Waals surface area (Å²) in [5.41, 5.74) is 0.292. The third-order valence-electron chi connectivity index (χ3n) is 5.83. The van der Waals surface area contributed by atoms with Crippen molar-refractivity contribution in [3.63, 3.8) is 0 Å². The number of aliphatic hydroxyl groups is 1. The van der Waals surface area contributed by atoms with Gasteiger partial charge in [-0.25, -0.2) is 0 Å². The first kappa shape index (κ1) is 25.9. The molecule has 0 radical (unpaired) electrons. The lowest BCUT2D eigenvalue weighted by Gasteiger charge is -2.21. The SMILES string of the molecule is CCCCCCCCCCCCNC[C@H](NC(=O)c1nccc2ccccc12)[C@@H](O)C=O. The summed E-state index contributed by atoms with van der Waals surface area (Å²) in [6.45, 7) is 3.36. The van der Waals surface area contributed by atoms with E-state index in [0.717, 1.165) is 30.2 Å². The van der Waals surface area contributed by atoms with Crippen LogP contribution in [0, 0.1) is 0 Å². The monoisotopic (exact) mass is 441 g/mol. The fourth-order valence-corrected chi connectivity index (χ4v) is 3.88. The number of amides is 1. The number of fused-ring (bicyclic) bond motifs is 1. The van der Waals surface area contributed by atoms with Crippen LogP contribution in [0.4, 0.5) is 0 Å². The Hall–Kier alpha value is -2.31. The number of nitrogens with zero attached hydrogens (tertiary/aromatic N) is 1. The van der Waals surface area contributed by atoms with Gasteiger partial charge in [-0.05, 0) is 24.4 Å². The van der Waals surface area contributed by atoms with Gasteiger partial charge in [0.2, 0.25) is 0 Å². The van der Waals surface area contributed by atoms with Crippen molar-refractivity contribution in [3.8, 4) is 0 Å². The minimum Gasteiger partial charge on any atom is -0.383 e. The Kier molecular flexibility index (Phi) is 12.6. The molecule has 2 aromatic rings. The van der Waals surface area contributed by atoms with Crippen molar-refractivity contribution in [2.75, 3.05) is 13.1 Å². The molecule has 6 heteroatoms. The second-order valence-corrected chi connectivity index (χ2v) is 8.47. The average molecular weight is 442 g/mol. The fraction of sp³-hybridized carbons (Fsp3) is 0.577. The number of nitrogens with one attached hydrogen (secondary N) is 2. The Morgan fingerprint density at radius 3 is 2.34 bits per heavy atom. The predicted octanol–water partition coefficient (Wildman–Crippen LogP) is 4.40. The molecule has 1 aromatic carbocycles. The summed E-state index contributed by atoms with van der Waals surface area (Å²) in [7, 11) is 0. The zero-order valence-electron chi connectivity index (χ0n) is 19.4. The normalized spacial score (nSPS) is 13.1. The van der Waals surface area contributed by atoms with Gasteiger partial charge in [0.25, 0.3) is 5.91 Å². The Balaban J connectivity index is 1.70. The molecular formula is C26H39N3O3. The number of aliphatic hydroxyl groups excluding tert-OH is 1. The molecule has 0 aliphatic carbocycles. The number of carbonyl (C=O) groups is 2. The van der Waals surface area contributed by atoms with Crippen molar-refractivity contribution >= 4 is 23.0 Å². The van der Waals surface area contributed by atoms with Crippen molar-refractivity contribution < 1.29 is 14.7 Å². The first-order valence-electron chi connectivity index (χ1n) is 12.2. The van der Waals surface area contributed by atoms with E-state index in [1.807, 2.05) is 30.3 Å². The topological polar surface area (TPSA) is 91.3 Å². The van der Waals surface area contributed by atoms with Gasteiger partial charge >= 0.3 is 0 Å². The molecule has 0 aliphatic rings. The zero-order valence-corrected chi connectivity index (χ0v) is 19.4. The summed E-state index contributed by atoms with van der Waals surface area (Å²) in [5.74, 6) is -0.395. The highest BCUT2D eigenvalue weighted by atomic mass is 16.3. The maximum Gasteiger partial charge on any atom is 0.270 e. The van der Waals surface area contributed by atoms with Crippen LogP contribution in [-0.4, -0.2) is 47.5 Å². The smallest absolute Gasteiger partial charge is 0.270 e. The largest absolute Gasteiger partial charge is 0.383 e. The van der Waals surface area contributed by atoms with E-state index < -0.39 is 18.1 Å². The first-order valence-corrected chi connectivity index (χ1v) is 12.2. The van der Waals surface area contributed by atoms with Crippen LogP contribution < -0.4 is 10.6 Å². The molecule has 0 unspecified atom stereocenters. The van der Waals surface area contributed by atoms with Gasteiger partial charge in [0.1, 0.15) is 11.8 Å². The van der Waals surface area contributed by atoms with Gasteiger partial charge < -0.3 is 20.5 Å². The molecule has 0 spiro atoms. The highest BCUT2D eigenvalue weighted by Crippen LogP contribution is 2.16. The zero-order chi connectivity index (χ0) is 23.0. The Bertz CT molecular complexity index is 807. The van der Waals surface area contributed by atoms with E-state index in [4.69, 9.17) is 0 Å². The summed E-state index contributed by atoms with van der Waals surface area (Å²) in [5, 5.41) is 17.8. The molecule has 0 fully saturated rings. The van der Waals surface area contributed by atoms with Crippen LogP contribution >= 0.6 is 0 Å². The molecule has 0 bridgehead atoms. The number of aromatic nitrogens is 1. The number of benzene rings is 1. The number of unbranched alkanes of at least 4 members (excludes halogenated alkanes) is 9. The third-order valence-corrected chi connectivity index (χ3v) is 5.83. The van der Waals surface area contributed by atoms with Crippen LogP contribution in [0.25, 0.3) is 10.8 Å². The molecule has 1 amide bonds. The number of hydrogen-bond donors (Lipinski definition) is 3. The lowest BCUT2D eigenvalue weighted by molar-refractivity contribution is -0.115. The first-order chi connectivity index (χ1) is 15.7. The molecule has 2 atom stereocenters. The molecule has 1 aromatic heterocycles. The van der Waals surface area contributed by atoms with Gasteiger partial charge in [0.05, 0.1) is 6.04 Å². The van der Waals surface area contributed by atoms with Crippen LogP contribution in [0.15, 0.2) is 36.5 Å². The van der Waals surface area contributed by atoms with E-state index in [0.29, 0.717) is 18.5 Å². The summed E-state index contributed by atoms with van der Waals surface area (Å²) >= 11 is 0. The van der Waals surface area contributed by atoms with E-state index in [1.54, 1.807) is 6.20 Å². The molecule has 32 heavy (non-hydrogen) atoms. The van der Waals surface area contributed by atoms with E-state index in [9.17, 15) is 14.7 Å². The van der Waals surface area contributed by atoms with Crippen molar-refractivity contribution in [2.45, 2.75) is 83.3 Å². The summed E-state index contributed by atoms with van der Waals surface area (Å²) in [6.07, 6.45) is 13.5. The van der Waals surface area contributed by atoms with Crippen LogP contribution in [0.1, 0.15) is 81.6 Å². The van der Waals surface area contributed by atoms with E-state index in [2.05, 4.69) is 22.5 Å². The summed E-state index contributed by atoms with van der Waals surface area (Å²) in [6, 6.07) is 8.65. The van der Waals surface area contributed by atoms with E-state index in [1.165, 1.54) is 51.4 Å². The number of pyridine rings is 1. The maximum atomic E-state index is 12.8. The molecule has 1 heterocycles. The second-order valence-electron chi connectivity index (χ2n) is 8.47. The maximum absolute atomic E-state index is 12.8. The van der Waals surface area contributed by atoms with Crippen LogP contribution in [0.3, 0.4) is 0 Å². The van der Waals surface area contributed by atoms with Crippen molar-refractivity contribution in [2.24, 2.45) is 0 Å². The number of hydrogen-bond acceptors (Lipinski definition) is 5. The van der Waals surface area contributed by atoms with Gasteiger partial charge in [0.15, 0.2) is 6.29 Å². The Morgan fingerprint density at radius 1 is 1.00 bits per heavy atom. The van der Waals surface area contributed by atoms with E-state index in [-0.39, 0.29) is 0 Å². The van der Waals surface area contributed by atoms with Gasteiger partial charge in [-0.2, -0.15) is 0 Å². The van der Waals surface area contributed by atoms with Gasteiger partial charge in [-0.3, -0.25) is 9.78 Å². The predicted molar refractivity (Wildman–Crippen MR) is 130 cm³/mol. The number of carbonyl (C=O) groups excluding carboxylic acids is 2. The third kappa shape index (κ3) is 9.05. The fourth-order valence-electron chi connectivity index (χ4n) is 3.88. The Labute approximate surface area is 192 Å². The molecule has 3 N–H and O–H groups in total. The average Bonchev–Trinajstić information content (AvgIpc) is 2.83. The minimum absolute atomic E-state index is 0.292. The van der Waals surface area contributed by atoms with Gasteiger partial charge in [0, 0.05) is 18.1 Å². The molecule has 2 rings (SSSR count). The summed E-state index contributed by atoms with van der Waals surface area (Å²) in [4.78, 5) is 28.1. The molecule has 0 saturated carbocycles. The Morgan fingerprint density at radius 2 is 1.66 bits per heavy atom. The molecule has 176 valence electrons. The number of aldehydes is 1. The molecule has 0 saturated heterocycles. The van der Waals surface area contributed by atoms with Gasteiger partial charge in [-0.1, -0.05) is 89.0 Å². The van der Waals surface area contributed by atoms with Crippen LogP contribution in [0.5, 0.6) is 0 Å². The minimum atomic E-state index is -1.27. The van der Waals surface area contributed by atoms with Crippen LogP contribution in [-0.2, 0) is 4.79 Å². The number of rotatable bonds is 17. The molecule has 6 nitrogen and oxygen atoms in total. The quantitative estimate of drug-likeness (QED) is 0.250. The van der Waals surface area contributed by atoms with Crippen LogP contribution in [0.2, 0.25) is 0 Å². The molecule has 0 aliphatic heterocycles. The summed E-state index contributed by atoms with van der Waals surface area (Å²) < 4.78 is 0. The van der Waals surface area contributed by atoms with Crippen molar-refractivity contribution in [3.05, 3.63) is 42.2 Å². The lowest BCUT2D eigenvalue weighted by Crippen LogP contribution is -2.50. The molecular weight excluding hydrogens is 402 g/mol. The highest BCUT2D eigenvalue weighted by Gasteiger charge is 2.22. The van der Waals surface area contributed by atoms with Gasteiger partial charge in [-0.15, -0.1) is 0 Å². The van der Waals surface area contributed by atoms with Crippen molar-refractivity contribution in [1.29, 1.82) is 0 Å². The van der Waals surface area contributed by atoms with Crippen molar-refractivity contribution in [1.82, 2.24) is 15.6 Å². The highest BCUT2D eigenvalue weighted by molar-refractivity contribution is 6.05. The lowest BCUT2D eigenvalue weighted by atomic mass is 10.1. The standard InChI is InChI=1S/C26H39N3O3/c1-2-3-4-5-6-7-8-9-10-13-17-27-19-23(24(31)20-30)29-26(32)25-22-15-12-11-14-21(22)16-18-28-25/h11-12,14-16,18,20,23-24,27,31H,2-10,13,17,19H2,1H3,(H,29,32)/t23-,24-/m0/s1.